The highest BCUT2D eigenvalue weighted by Gasteiger charge is 2.30. The summed E-state index contributed by atoms with van der Waals surface area (Å²) in [5.74, 6) is 1.30. The van der Waals surface area contributed by atoms with Crippen LogP contribution in [-0.2, 0) is 9.84 Å². The average Bonchev–Trinajstić information content (AvgIpc) is 3.42. The van der Waals surface area contributed by atoms with Crippen molar-refractivity contribution in [2.75, 3.05) is 11.5 Å². The van der Waals surface area contributed by atoms with Crippen molar-refractivity contribution in [3.05, 3.63) is 53.3 Å². The van der Waals surface area contributed by atoms with Crippen LogP contribution in [0.4, 0.5) is 0 Å². The zero-order valence-electron chi connectivity index (χ0n) is 14.3. The van der Waals surface area contributed by atoms with Crippen LogP contribution in [0.5, 0.6) is 0 Å². The van der Waals surface area contributed by atoms with Crippen molar-refractivity contribution >= 4 is 37.5 Å². The third kappa shape index (κ3) is 4.25. The molecule has 2 heterocycles. The summed E-state index contributed by atoms with van der Waals surface area (Å²) in [7, 11) is -3.32. The first-order chi connectivity index (χ1) is 13.0. The fourth-order valence-corrected chi connectivity index (χ4v) is 5.66. The van der Waals surface area contributed by atoms with E-state index < -0.39 is 9.84 Å². The van der Waals surface area contributed by atoms with Crippen LogP contribution in [0, 0.1) is 0 Å². The van der Waals surface area contributed by atoms with E-state index in [-0.39, 0.29) is 5.75 Å². The molecule has 0 bridgehead atoms. The van der Waals surface area contributed by atoms with Gasteiger partial charge in [-0.3, -0.25) is 9.55 Å². The van der Waals surface area contributed by atoms with Gasteiger partial charge in [0, 0.05) is 34.2 Å². The van der Waals surface area contributed by atoms with Crippen LogP contribution in [0.15, 0.2) is 63.3 Å². The van der Waals surface area contributed by atoms with Gasteiger partial charge >= 0.3 is 0 Å². The summed E-state index contributed by atoms with van der Waals surface area (Å²) < 4.78 is 28.0. The van der Waals surface area contributed by atoms with Gasteiger partial charge in [0.1, 0.15) is 0 Å². The van der Waals surface area contributed by atoms with E-state index in [2.05, 4.69) is 35.7 Å². The molecule has 1 fully saturated rings. The molecule has 0 atom stereocenters. The van der Waals surface area contributed by atoms with Crippen molar-refractivity contribution in [2.24, 2.45) is 0 Å². The van der Waals surface area contributed by atoms with E-state index in [1.807, 2.05) is 12.1 Å². The summed E-state index contributed by atoms with van der Waals surface area (Å²) in [6, 6.07) is 10.9. The van der Waals surface area contributed by atoms with Crippen molar-refractivity contribution < 1.29 is 8.42 Å². The SMILES string of the molecule is O=S(=O)(CCSc1nnc(-c2ccncc2)n1C1CC1)c1ccc(Br)cc1. The van der Waals surface area contributed by atoms with Gasteiger partial charge in [-0.25, -0.2) is 8.42 Å². The fourth-order valence-electron chi connectivity index (χ4n) is 2.74. The monoisotopic (exact) mass is 464 g/mol. The van der Waals surface area contributed by atoms with Crippen molar-refractivity contribution in [3.8, 4) is 11.4 Å². The molecular weight excluding hydrogens is 448 g/mol. The molecular formula is C18H17BrN4O2S2. The van der Waals surface area contributed by atoms with E-state index in [4.69, 9.17) is 0 Å². The van der Waals surface area contributed by atoms with Gasteiger partial charge in [-0.15, -0.1) is 10.2 Å². The molecule has 9 heteroatoms. The number of hydrogen-bond acceptors (Lipinski definition) is 6. The van der Waals surface area contributed by atoms with Crippen molar-refractivity contribution in [1.29, 1.82) is 0 Å². The summed E-state index contributed by atoms with van der Waals surface area (Å²) in [5, 5.41) is 9.43. The molecule has 0 unspecified atom stereocenters. The lowest BCUT2D eigenvalue weighted by Gasteiger charge is -2.09. The Balaban J connectivity index is 1.49. The predicted octanol–water partition coefficient (Wildman–Crippen LogP) is 4.00. The Morgan fingerprint density at radius 2 is 1.78 bits per heavy atom. The van der Waals surface area contributed by atoms with E-state index in [1.54, 1.807) is 36.7 Å². The quantitative estimate of drug-likeness (QED) is 0.491. The number of halogens is 1. The maximum atomic E-state index is 12.5. The first kappa shape index (κ1) is 18.6. The number of sulfone groups is 1. The van der Waals surface area contributed by atoms with E-state index in [0.717, 1.165) is 33.9 Å². The molecule has 1 aromatic carbocycles. The molecule has 0 spiro atoms. The minimum Gasteiger partial charge on any atom is -0.299 e. The zero-order chi connectivity index (χ0) is 18.9. The molecule has 3 aromatic rings. The van der Waals surface area contributed by atoms with E-state index in [9.17, 15) is 8.42 Å². The third-order valence-electron chi connectivity index (χ3n) is 4.27. The molecule has 0 N–H and O–H groups in total. The van der Waals surface area contributed by atoms with Crippen LogP contribution in [0.3, 0.4) is 0 Å². The molecule has 6 nitrogen and oxygen atoms in total. The molecule has 1 saturated carbocycles. The average molecular weight is 465 g/mol. The van der Waals surface area contributed by atoms with Crippen molar-refractivity contribution in [1.82, 2.24) is 19.7 Å². The number of hydrogen-bond donors (Lipinski definition) is 0. The lowest BCUT2D eigenvalue weighted by Crippen LogP contribution is -2.09. The lowest BCUT2D eigenvalue weighted by atomic mass is 10.2. The topological polar surface area (TPSA) is 77.7 Å². The first-order valence-corrected chi connectivity index (χ1v) is 11.9. The van der Waals surface area contributed by atoms with Gasteiger partial charge in [0.2, 0.25) is 0 Å². The Morgan fingerprint density at radius 3 is 2.44 bits per heavy atom. The number of benzene rings is 1. The molecule has 1 aliphatic carbocycles. The Hall–Kier alpha value is -1.71. The molecule has 1 aliphatic rings. The van der Waals surface area contributed by atoms with Gasteiger partial charge in [0.25, 0.3) is 0 Å². The van der Waals surface area contributed by atoms with Gasteiger partial charge in [-0.05, 0) is 49.2 Å². The van der Waals surface area contributed by atoms with Crippen LogP contribution in [0.2, 0.25) is 0 Å². The van der Waals surface area contributed by atoms with Crippen molar-refractivity contribution in [2.45, 2.75) is 28.9 Å². The molecule has 2 aromatic heterocycles. The van der Waals surface area contributed by atoms with Gasteiger partial charge in [0.15, 0.2) is 20.8 Å². The van der Waals surface area contributed by atoms with Crippen LogP contribution in [-0.4, -0.2) is 39.7 Å². The number of aromatic nitrogens is 4. The highest BCUT2D eigenvalue weighted by Crippen LogP contribution is 2.41. The largest absolute Gasteiger partial charge is 0.299 e. The number of nitrogens with zero attached hydrogens (tertiary/aromatic N) is 4. The van der Waals surface area contributed by atoms with E-state index in [1.165, 1.54) is 11.8 Å². The highest BCUT2D eigenvalue weighted by atomic mass is 79.9. The summed E-state index contributed by atoms with van der Waals surface area (Å²) in [6.07, 6.45) is 5.67. The fraction of sp³-hybridized carbons (Fsp3) is 0.278. The van der Waals surface area contributed by atoms with Crippen molar-refractivity contribution in [3.63, 3.8) is 0 Å². The Bertz CT molecular complexity index is 1030. The van der Waals surface area contributed by atoms with Gasteiger partial charge in [-0.1, -0.05) is 27.7 Å². The van der Waals surface area contributed by atoms with Gasteiger partial charge in [0.05, 0.1) is 10.6 Å². The molecule has 0 amide bonds. The summed E-state index contributed by atoms with van der Waals surface area (Å²) in [4.78, 5) is 4.39. The number of pyridine rings is 1. The summed E-state index contributed by atoms with van der Waals surface area (Å²) in [5.41, 5.74) is 0.971. The van der Waals surface area contributed by atoms with Crippen LogP contribution in [0.25, 0.3) is 11.4 Å². The molecule has 0 aliphatic heterocycles. The smallest absolute Gasteiger partial charge is 0.191 e. The van der Waals surface area contributed by atoms with E-state index >= 15 is 0 Å². The second kappa shape index (κ2) is 7.73. The number of thioether (sulfide) groups is 1. The highest BCUT2D eigenvalue weighted by molar-refractivity contribution is 9.10. The van der Waals surface area contributed by atoms with Gasteiger partial charge < -0.3 is 0 Å². The predicted molar refractivity (Wildman–Crippen MR) is 108 cm³/mol. The summed E-state index contributed by atoms with van der Waals surface area (Å²) in [6.45, 7) is 0. The first-order valence-electron chi connectivity index (χ1n) is 8.51. The molecule has 4 rings (SSSR count). The molecule has 0 radical (unpaired) electrons. The lowest BCUT2D eigenvalue weighted by molar-refractivity contribution is 0.597. The minimum atomic E-state index is -3.32. The second-order valence-electron chi connectivity index (χ2n) is 6.26. The summed E-state index contributed by atoms with van der Waals surface area (Å²) >= 11 is 4.76. The maximum Gasteiger partial charge on any atom is 0.191 e. The second-order valence-corrected chi connectivity index (χ2v) is 10.4. The van der Waals surface area contributed by atoms with Crippen LogP contribution < -0.4 is 0 Å². The Labute approximate surface area is 170 Å². The third-order valence-corrected chi connectivity index (χ3v) is 7.73. The molecule has 27 heavy (non-hydrogen) atoms. The maximum absolute atomic E-state index is 12.5. The normalized spacial score (nSPS) is 14.4. The zero-order valence-corrected chi connectivity index (χ0v) is 17.5. The van der Waals surface area contributed by atoms with Crippen LogP contribution in [0.1, 0.15) is 18.9 Å². The number of rotatable bonds is 7. The van der Waals surface area contributed by atoms with Gasteiger partial charge in [-0.2, -0.15) is 0 Å². The van der Waals surface area contributed by atoms with E-state index in [0.29, 0.717) is 16.7 Å². The Morgan fingerprint density at radius 1 is 1.07 bits per heavy atom. The molecule has 0 saturated heterocycles. The minimum absolute atomic E-state index is 0.0570. The van der Waals surface area contributed by atoms with Crippen LogP contribution >= 0.6 is 27.7 Å². The standard InChI is InChI=1S/C18H17BrN4O2S2/c19-14-1-5-16(6-2-14)27(24,25)12-11-26-18-22-21-17(23(18)15-3-4-15)13-7-9-20-10-8-13/h1-2,5-10,15H,3-4,11-12H2. The Kier molecular flexibility index (Phi) is 5.34. The molecule has 140 valence electrons.